The van der Waals surface area contributed by atoms with Crippen molar-refractivity contribution < 1.29 is 18.0 Å². The lowest BCUT2D eigenvalue weighted by molar-refractivity contribution is -0.139. The summed E-state index contributed by atoms with van der Waals surface area (Å²) in [5, 5.41) is 5.57. The van der Waals surface area contributed by atoms with Gasteiger partial charge in [-0.3, -0.25) is 14.6 Å². The van der Waals surface area contributed by atoms with Crippen LogP contribution in [0, 0.1) is 0 Å². The molecule has 0 fully saturated rings. The quantitative estimate of drug-likeness (QED) is 0.523. The minimum atomic E-state index is -3.72. The fourth-order valence-electron chi connectivity index (χ4n) is 2.26. The van der Waals surface area contributed by atoms with Crippen LogP contribution in [0.15, 0.2) is 46.2 Å². The molecule has 0 bridgehead atoms. The smallest absolute Gasteiger partial charge is 0.309 e. The van der Waals surface area contributed by atoms with Crippen LogP contribution in [0.1, 0.15) is 30.6 Å². The van der Waals surface area contributed by atoms with Gasteiger partial charge in [0.05, 0.1) is 0 Å². The predicted molar refractivity (Wildman–Crippen MR) is 99.4 cm³/mol. The van der Waals surface area contributed by atoms with Crippen LogP contribution in [0.25, 0.3) is 0 Å². The Bertz CT molecular complexity index is 821. The van der Waals surface area contributed by atoms with Gasteiger partial charge >= 0.3 is 11.8 Å². The molecule has 0 spiro atoms. The fraction of sp³-hybridized carbons (Fsp3) is 0.353. The van der Waals surface area contributed by atoms with Crippen molar-refractivity contribution in [3.05, 3.63) is 47.6 Å². The summed E-state index contributed by atoms with van der Waals surface area (Å²) in [6.07, 6.45) is 4.65. The summed E-state index contributed by atoms with van der Waals surface area (Å²) in [6.45, 7) is 2.16. The normalized spacial score (nSPS) is 12.3. The topological polar surface area (TPSA) is 105 Å². The van der Waals surface area contributed by atoms with Gasteiger partial charge in [0.25, 0.3) is 0 Å². The molecule has 9 heteroatoms. The Morgan fingerprint density at radius 3 is 2.58 bits per heavy atom. The highest BCUT2D eigenvalue weighted by atomic mass is 32.2. The van der Waals surface area contributed by atoms with E-state index in [0.29, 0.717) is 12.1 Å². The molecule has 0 aromatic carbocycles. The van der Waals surface area contributed by atoms with E-state index in [0.717, 1.165) is 24.2 Å². The molecule has 1 atom stereocenters. The average molecular weight is 396 g/mol. The SMILES string of the molecule is CCCCNC(=O)C(=O)NC[C@@H](c1cccnc1)S(=O)(=O)c1cccs1. The summed E-state index contributed by atoms with van der Waals surface area (Å²) in [5.74, 6) is -1.62. The maximum Gasteiger partial charge on any atom is 0.309 e. The Labute approximate surface area is 156 Å². The second-order valence-electron chi connectivity index (χ2n) is 5.57. The van der Waals surface area contributed by atoms with Crippen LogP contribution in [0.3, 0.4) is 0 Å². The van der Waals surface area contributed by atoms with Gasteiger partial charge in [-0.1, -0.05) is 25.5 Å². The van der Waals surface area contributed by atoms with Crippen LogP contribution in [-0.2, 0) is 19.4 Å². The van der Waals surface area contributed by atoms with Gasteiger partial charge in [-0.15, -0.1) is 11.3 Å². The second kappa shape index (κ2) is 9.44. The standard InChI is InChI=1S/C17H21N3O4S2/c1-2-3-9-19-16(21)17(22)20-12-14(13-6-4-8-18-11-13)26(23,24)15-7-5-10-25-15/h4-8,10-11,14H,2-3,9,12H2,1H3,(H,19,21)(H,20,22)/t14-/m0/s1. The molecule has 2 aromatic heterocycles. The van der Waals surface area contributed by atoms with Crippen molar-refractivity contribution in [3.8, 4) is 0 Å². The number of aromatic nitrogens is 1. The molecular weight excluding hydrogens is 374 g/mol. The molecule has 2 aromatic rings. The Hall–Kier alpha value is -2.26. The number of thiophene rings is 1. The maximum atomic E-state index is 12.9. The number of rotatable bonds is 8. The molecule has 0 aliphatic heterocycles. The van der Waals surface area contributed by atoms with Crippen LogP contribution in [0.5, 0.6) is 0 Å². The summed E-state index contributed by atoms with van der Waals surface area (Å²) < 4.78 is 26.0. The lowest BCUT2D eigenvalue weighted by Crippen LogP contribution is -2.42. The Balaban J connectivity index is 2.14. The summed E-state index contributed by atoms with van der Waals surface area (Å²) in [5.41, 5.74) is 0.451. The van der Waals surface area contributed by atoms with Gasteiger partial charge in [-0.25, -0.2) is 8.42 Å². The van der Waals surface area contributed by atoms with E-state index in [2.05, 4.69) is 15.6 Å². The number of sulfone groups is 1. The van der Waals surface area contributed by atoms with E-state index in [4.69, 9.17) is 0 Å². The highest BCUT2D eigenvalue weighted by Crippen LogP contribution is 2.30. The number of carbonyl (C=O) groups is 2. The van der Waals surface area contributed by atoms with E-state index in [1.807, 2.05) is 6.92 Å². The molecule has 0 saturated heterocycles. The monoisotopic (exact) mass is 395 g/mol. The van der Waals surface area contributed by atoms with E-state index >= 15 is 0 Å². The minimum Gasteiger partial charge on any atom is -0.348 e. The summed E-state index contributed by atoms with van der Waals surface area (Å²) >= 11 is 1.11. The van der Waals surface area contributed by atoms with Gasteiger partial charge in [0.2, 0.25) is 0 Å². The maximum absolute atomic E-state index is 12.9. The van der Waals surface area contributed by atoms with Gasteiger partial charge in [0.15, 0.2) is 9.84 Å². The van der Waals surface area contributed by atoms with Gasteiger partial charge in [-0.05, 0) is 29.5 Å². The number of amides is 2. The highest BCUT2D eigenvalue weighted by molar-refractivity contribution is 7.93. The number of nitrogens with one attached hydrogen (secondary N) is 2. The molecule has 7 nitrogen and oxygen atoms in total. The van der Waals surface area contributed by atoms with Gasteiger partial charge in [-0.2, -0.15) is 0 Å². The first-order valence-corrected chi connectivity index (χ1v) is 10.6. The first kappa shape index (κ1) is 20.1. The number of nitrogens with zero attached hydrogens (tertiary/aromatic N) is 1. The zero-order chi connectivity index (χ0) is 19.0. The molecule has 0 saturated carbocycles. The second-order valence-corrected chi connectivity index (χ2v) is 8.88. The summed E-state index contributed by atoms with van der Waals surface area (Å²) in [4.78, 5) is 27.7. The molecule has 2 N–H and O–H groups in total. The predicted octanol–water partition coefficient (Wildman–Crippen LogP) is 1.69. The number of unbranched alkanes of at least 4 members (excludes halogenated alkanes) is 1. The largest absolute Gasteiger partial charge is 0.348 e. The Morgan fingerprint density at radius 2 is 1.96 bits per heavy atom. The zero-order valence-electron chi connectivity index (χ0n) is 14.3. The fourth-order valence-corrected chi connectivity index (χ4v) is 5.11. The number of hydrogen-bond acceptors (Lipinski definition) is 6. The molecule has 2 rings (SSSR count). The van der Waals surface area contributed by atoms with Crippen LogP contribution < -0.4 is 10.6 Å². The van der Waals surface area contributed by atoms with Crippen molar-refractivity contribution >= 4 is 33.0 Å². The molecule has 2 heterocycles. The number of carbonyl (C=O) groups excluding carboxylic acids is 2. The van der Waals surface area contributed by atoms with E-state index in [1.165, 1.54) is 18.5 Å². The first-order valence-electron chi connectivity index (χ1n) is 8.20. The van der Waals surface area contributed by atoms with Crippen LogP contribution >= 0.6 is 11.3 Å². The third kappa shape index (κ3) is 5.12. The van der Waals surface area contributed by atoms with Gasteiger partial charge in [0.1, 0.15) is 9.46 Å². The van der Waals surface area contributed by atoms with E-state index in [1.54, 1.807) is 23.6 Å². The molecule has 140 valence electrons. The van der Waals surface area contributed by atoms with E-state index in [9.17, 15) is 18.0 Å². The highest BCUT2D eigenvalue weighted by Gasteiger charge is 2.31. The van der Waals surface area contributed by atoms with Gasteiger partial charge < -0.3 is 10.6 Å². The minimum absolute atomic E-state index is 0.202. The van der Waals surface area contributed by atoms with Crippen molar-refractivity contribution in [2.45, 2.75) is 29.2 Å². The third-order valence-electron chi connectivity index (χ3n) is 3.68. The van der Waals surface area contributed by atoms with Crippen molar-refractivity contribution in [2.75, 3.05) is 13.1 Å². The zero-order valence-corrected chi connectivity index (χ0v) is 16.0. The molecule has 0 aliphatic rings. The number of pyridine rings is 1. The molecule has 0 radical (unpaired) electrons. The van der Waals surface area contributed by atoms with Crippen molar-refractivity contribution in [3.63, 3.8) is 0 Å². The van der Waals surface area contributed by atoms with Crippen LogP contribution in [-0.4, -0.2) is 38.3 Å². The molecule has 0 aliphatic carbocycles. The molecule has 2 amide bonds. The van der Waals surface area contributed by atoms with Crippen LogP contribution in [0.2, 0.25) is 0 Å². The van der Waals surface area contributed by atoms with Crippen molar-refractivity contribution in [1.82, 2.24) is 15.6 Å². The molecule has 26 heavy (non-hydrogen) atoms. The van der Waals surface area contributed by atoms with E-state index < -0.39 is 26.9 Å². The first-order chi connectivity index (χ1) is 12.5. The summed E-state index contributed by atoms with van der Waals surface area (Å²) in [7, 11) is -3.72. The van der Waals surface area contributed by atoms with Crippen molar-refractivity contribution in [2.24, 2.45) is 0 Å². The lowest BCUT2D eigenvalue weighted by atomic mass is 10.2. The lowest BCUT2D eigenvalue weighted by Gasteiger charge is -2.17. The van der Waals surface area contributed by atoms with Crippen molar-refractivity contribution in [1.29, 1.82) is 0 Å². The molecular formula is C17H21N3O4S2. The summed E-state index contributed by atoms with van der Waals surface area (Å²) in [6, 6.07) is 6.43. The molecule has 0 unspecified atom stereocenters. The Kier molecular flexibility index (Phi) is 7.28. The average Bonchev–Trinajstić information content (AvgIpc) is 3.18. The van der Waals surface area contributed by atoms with E-state index in [-0.39, 0.29) is 10.8 Å². The Morgan fingerprint density at radius 1 is 1.19 bits per heavy atom. The van der Waals surface area contributed by atoms with Crippen LogP contribution in [0.4, 0.5) is 0 Å². The van der Waals surface area contributed by atoms with Gasteiger partial charge in [0, 0.05) is 25.5 Å². The number of hydrogen-bond donors (Lipinski definition) is 2. The third-order valence-corrected chi connectivity index (χ3v) is 7.21.